The maximum atomic E-state index is 13.0. The lowest BCUT2D eigenvalue weighted by atomic mass is 9.84. The molecule has 2 aromatic rings. The lowest BCUT2D eigenvalue weighted by Gasteiger charge is -2.23. The second kappa shape index (κ2) is 8.77. The van der Waals surface area contributed by atoms with Crippen LogP contribution in [0.15, 0.2) is 85.1 Å². The van der Waals surface area contributed by atoms with Crippen molar-refractivity contribution in [1.29, 1.82) is 0 Å². The zero-order valence-corrected chi connectivity index (χ0v) is 22.0. The number of sulfonamides is 1. The first-order chi connectivity index (χ1) is 15.6. The van der Waals surface area contributed by atoms with Gasteiger partial charge in [-0.2, -0.15) is 8.42 Å². The predicted molar refractivity (Wildman–Crippen MR) is 138 cm³/mol. The van der Waals surface area contributed by atoms with E-state index in [1.54, 1.807) is 25.1 Å². The van der Waals surface area contributed by atoms with E-state index >= 15 is 0 Å². The Morgan fingerprint density at radius 2 is 1.76 bits per heavy atom. The summed E-state index contributed by atoms with van der Waals surface area (Å²) in [5.41, 5.74) is 3.19. The zero-order valence-electron chi connectivity index (χ0n) is 18.7. The van der Waals surface area contributed by atoms with Gasteiger partial charge in [-0.1, -0.05) is 48.0 Å². The standard InChI is InChI=1S/C24H24BrN3O3S2/c1-5-28-22(29)20(32-23(28)26-33(30,31)17-12-10-16(25)11-13-17)14-15-21-24(2,3)18-8-6-7-9-19(18)27(21)4/h6-15H,5H2,1-4H3/b20-14-,21-15+,26-23+. The van der Waals surface area contributed by atoms with Crippen LogP contribution in [0.3, 0.4) is 0 Å². The highest BCUT2D eigenvalue weighted by atomic mass is 79.9. The molecule has 0 aliphatic carbocycles. The first-order valence-electron chi connectivity index (χ1n) is 10.4. The van der Waals surface area contributed by atoms with Gasteiger partial charge in [0.25, 0.3) is 15.9 Å². The highest BCUT2D eigenvalue weighted by Crippen LogP contribution is 2.46. The van der Waals surface area contributed by atoms with Crippen LogP contribution in [0.1, 0.15) is 26.3 Å². The third kappa shape index (κ3) is 4.29. The van der Waals surface area contributed by atoms with Gasteiger partial charge in [0.05, 0.1) is 9.80 Å². The first-order valence-corrected chi connectivity index (χ1v) is 13.5. The van der Waals surface area contributed by atoms with Crippen LogP contribution in [0.4, 0.5) is 5.69 Å². The number of fused-ring (bicyclic) bond motifs is 1. The summed E-state index contributed by atoms with van der Waals surface area (Å²) in [7, 11) is -1.93. The molecule has 2 heterocycles. The van der Waals surface area contributed by atoms with E-state index in [0.717, 1.165) is 27.6 Å². The maximum Gasteiger partial charge on any atom is 0.284 e. The number of benzene rings is 2. The largest absolute Gasteiger partial charge is 0.347 e. The van der Waals surface area contributed by atoms with Gasteiger partial charge in [0.15, 0.2) is 5.17 Å². The Balaban J connectivity index is 1.68. The van der Waals surface area contributed by atoms with E-state index in [-0.39, 0.29) is 21.4 Å². The van der Waals surface area contributed by atoms with Crippen LogP contribution in [0.25, 0.3) is 0 Å². The molecule has 0 bridgehead atoms. The van der Waals surface area contributed by atoms with Crippen molar-refractivity contribution in [3.05, 3.63) is 81.3 Å². The second-order valence-corrected chi connectivity index (χ2v) is 11.8. The first kappa shape index (κ1) is 23.8. The number of carbonyl (C=O) groups is 1. The molecule has 33 heavy (non-hydrogen) atoms. The van der Waals surface area contributed by atoms with Crippen molar-refractivity contribution in [1.82, 2.24) is 4.90 Å². The minimum atomic E-state index is -3.94. The molecule has 0 aromatic heterocycles. The van der Waals surface area contributed by atoms with Gasteiger partial charge >= 0.3 is 0 Å². The Morgan fingerprint density at radius 3 is 2.39 bits per heavy atom. The number of carbonyl (C=O) groups excluding carboxylic acids is 1. The van der Waals surface area contributed by atoms with Gasteiger partial charge in [-0.05, 0) is 66.7 Å². The molecule has 9 heteroatoms. The molecule has 172 valence electrons. The van der Waals surface area contributed by atoms with Crippen LogP contribution in [0.2, 0.25) is 0 Å². The highest BCUT2D eigenvalue weighted by molar-refractivity contribution is 9.10. The summed E-state index contributed by atoms with van der Waals surface area (Å²) in [5, 5.41) is 0.164. The number of nitrogens with zero attached hydrogens (tertiary/aromatic N) is 3. The summed E-state index contributed by atoms with van der Waals surface area (Å²) in [4.78, 5) is 17.0. The molecule has 2 aliphatic rings. The summed E-state index contributed by atoms with van der Waals surface area (Å²) >= 11 is 4.38. The number of amides is 1. The predicted octanol–water partition coefficient (Wildman–Crippen LogP) is 5.28. The fourth-order valence-electron chi connectivity index (χ4n) is 4.09. The van der Waals surface area contributed by atoms with Crippen LogP contribution in [0.5, 0.6) is 0 Å². The molecule has 0 radical (unpaired) electrons. The van der Waals surface area contributed by atoms with E-state index in [0.29, 0.717) is 11.4 Å². The summed E-state index contributed by atoms with van der Waals surface area (Å²) in [6, 6.07) is 14.5. The molecular weight excluding hydrogens is 522 g/mol. The number of para-hydroxylation sites is 1. The number of halogens is 1. The van der Waals surface area contributed by atoms with Crippen molar-refractivity contribution in [2.75, 3.05) is 18.5 Å². The lowest BCUT2D eigenvalue weighted by Crippen LogP contribution is -2.29. The SMILES string of the molecule is CCN1C(=O)/C(=C/C=C2/N(C)c3ccccc3C2(C)C)S/C1=N/S(=O)(=O)c1ccc(Br)cc1. The molecule has 0 N–H and O–H groups in total. The molecule has 1 amide bonds. The van der Waals surface area contributed by atoms with Crippen molar-refractivity contribution >= 4 is 54.5 Å². The second-order valence-electron chi connectivity index (χ2n) is 8.24. The van der Waals surface area contributed by atoms with E-state index in [1.807, 2.05) is 25.3 Å². The van der Waals surface area contributed by atoms with Crippen LogP contribution in [0, 0.1) is 0 Å². The molecule has 0 saturated carbocycles. The van der Waals surface area contributed by atoms with Crippen molar-refractivity contribution < 1.29 is 13.2 Å². The summed E-state index contributed by atoms with van der Waals surface area (Å²) in [6.45, 7) is 6.43. The smallest absolute Gasteiger partial charge is 0.284 e. The molecule has 0 atom stereocenters. The highest BCUT2D eigenvalue weighted by Gasteiger charge is 2.38. The monoisotopic (exact) mass is 545 g/mol. The summed E-state index contributed by atoms with van der Waals surface area (Å²) in [6.07, 6.45) is 3.71. The minimum Gasteiger partial charge on any atom is -0.347 e. The molecule has 0 unspecified atom stereocenters. The average Bonchev–Trinajstić information content (AvgIpc) is 3.16. The molecule has 6 nitrogen and oxygen atoms in total. The average molecular weight is 547 g/mol. The molecule has 2 aliphatic heterocycles. The summed E-state index contributed by atoms with van der Waals surface area (Å²) < 4.78 is 30.4. The Labute approximate surface area is 207 Å². The Kier molecular flexibility index (Phi) is 6.32. The summed E-state index contributed by atoms with van der Waals surface area (Å²) in [5.74, 6) is -0.250. The minimum absolute atomic E-state index is 0.0777. The van der Waals surface area contributed by atoms with Gasteiger partial charge in [0, 0.05) is 34.9 Å². The fourth-order valence-corrected chi connectivity index (χ4v) is 6.54. The normalized spacial score (nSPS) is 21.5. The molecule has 2 aromatic carbocycles. The van der Waals surface area contributed by atoms with Gasteiger partial charge in [-0.3, -0.25) is 9.69 Å². The number of hydrogen-bond acceptors (Lipinski definition) is 5. The number of rotatable bonds is 4. The van der Waals surface area contributed by atoms with E-state index in [1.165, 1.54) is 22.6 Å². The molecule has 4 rings (SSSR count). The van der Waals surface area contributed by atoms with E-state index in [4.69, 9.17) is 0 Å². The van der Waals surface area contributed by atoms with E-state index in [2.05, 4.69) is 51.2 Å². The number of amidine groups is 1. The number of allylic oxidation sites excluding steroid dienone is 3. The maximum absolute atomic E-state index is 13.0. The quantitative estimate of drug-likeness (QED) is 0.488. The van der Waals surface area contributed by atoms with Crippen molar-refractivity contribution in [3.63, 3.8) is 0 Å². The van der Waals surface area contributed by atoms with Gasteiger partial charge in [-0.25, -0.2) is 0 Å². The molecule has 0 spiro atoms. The van der Waals surface area contributed by atoms with Crippen LogP contribution < -0.4 is 4.90 Å². The van der Waals surface area contributed by atoms with Gasteiger partial charge in [0.1, 0.15) is 0 Å². The van der Waals surface area contributed by atoms with Gasteiger partial charge in [0.2, 0.25) is 0 Å². The topological polar surface area (TPSA) is 70.1 Å². The number of thioether (sulfide) groups is 1. The Bertz CT molecular complexity index is 1310. The Morgan fingerprint density at radius 1 is 1.09 bits per heavy atom. The van der Waals surface area contributed by atoms with Crippen LogP contribution in [-0.2, 0) is 20.2 Å². The third-order valence-corrected chi connectivity index (χ3v) is 8.80. The zero-order chi connectivity index (χ0) is 24.0. The van der Waals surface area contributed by atoms with Crippen molar-refractivity contribution in [2.45, 2.75) is 31.1 Å². The Hall–Kier alpha value is -2.36. The van der Waals surface area contributed by atoms with Crippen molar-refractivity contribution in [3.8, 4) is 0 Å². The van der Waals surface area contributed by atoms with Crippen LogP contribution in [-0.4, -0.2) is 38.0 Å². The number of anilines is 1. The van der Waals surface area contributed by atoms with Crippen molar-refractivity contribution in [2.24, 2.45) is 4.40 Å². The molecular formula is C24H24BrN3O3S2. The molecule has 1 saturated heterocycles. The number of likely N-dealkylation sites (N-methyl/N-ethyl adjacent to an activating group) is 2. The lowest BCUT2D eigenvalue weighted by molar-refractivity contribution is -0.122. The van der Waals surface area contributed by atoms with E-state index in [9.17, 15) is 13.2 Å². The van der Waals surface area contributed by atoms with Gasteiger partial charge < -0.3 is 4.90 Å². The van der Waals surface area contributed by atoms with Crippen LogP contribution >= 0.6 is 27.7 Å². The molecule has 1 fully saturated rings. The van der Waals surface area contributed by atoms with E-state index < -0.39 is 10.0 Å². The fraction of sp³-hybridized carbons (Fsp3) is 0.250. The number of hydrogen-bond donors (Lipinski definition) is 0. The third-order valence-electron chi connectivity index (χ3n) is 5.85. The van der Waals surface area contributed by atoms with Gasteiger partial charge in [-0.15, -0.1) is 4.40 Å².